The molecule has 15 heavy (non-hydrogen) atoms. The third-order valence-electron chi connectivity index (χ3n) is 2.91. The average Bonchev–Trinajstić information content (AvgIpc) is 2.44. The molecular weight excluding hydrogens is 186 g/mol. The molecule has 1 heterocycles. The van der Waals surface area contributed by atoms with Crippen molar-refractivity contribution in [1.29, 1.82) is 0 Å². The number of aryl methyl sites for hydroxylation is 2. The van der Waals surface area contributed by atoms with Gasteiger partial charge in [-0.2, -0.15) is 5.10 Å². The molecule has 3 nitrogen and oxygen atoms in total. The number of hydrogen-bond acceptors (Lipinski definition) is 2. The number of nitrogens with zero attached hydrogens (tertiary/aromatic N) is 2. The second-order valence-electron chi connectivity index (χ2n) is 5.25. The van der Waals surface area contributed by atoms with E-state index in [-0.39, 0.29) is 5.41 Å². The largest absolute Gasteiger partial charge is 0.379 e. The van der Waals surface area contributed by atoms with Crippen molar-refractivity contribution in [2.75, 3.05) is 5.32 Å². The zero-order valence-electron chi connectivity index (χ0n) is 10.8. The SMILES string of the molecule is CCc1nn(C)cc1NC(C)C(C)(C)C. The van der Waals surface area contributed by atoms with E-state index in [9.17, 15) is 0 Å². The summed E-state index contributed by atoms with van der Waals surface area (Å²) in [4.78, 5) is 0. The number of rotatable bonds is 3. The van der Waals surface area contributed by atoms with Crippen LogP contribution in [0.4, 0.5) is 5.69 Å². The van der Waals surface area contributed by atoms with Crippen LogP contribution in [-0.2, 0) is 13.5 Å². The predicted octanol–water partition coefficient (Wildman–Crippen LogP) is 2.83. The molecule has 0 fully saturated rings. The predicted molar refractivity (Wildman–Crippen MR) is 65.1 cm³/mol. The second-order valence-corrected chi connectivity index (χ2v) is 5.25. The minimum Gasteiger partial charge on any atom is -0.379 e. The summed E-state index contributed by atoms with van der Waals surface area (Å²) in [7, 11) is 1.96. The van der Waals surface area contributed by atoms with Crippen LogP contribution in [-0.4, -0.2) is 15.8 Å². The Labute approximate surface area is 92.9 Å². The summed E-state index contributed by atoms with van der Waals surface area (Å²) in [6.45, 7) is 11.1. The third-order valence-corrected chi connectivity index (χ3v) is 2.91. The molecule has 1 N–H and O–H groups in total. The Kier molecular flexibility index (Phi) is 3.42. The number of aromatic nitrogens is 2. The van der Waals surface area contributed by atoms with E-state index in [2.05, 4.69) is 51.2 Å². The van der Waals surface area contributed by atoms with Crippen LogP contribution < -0.4 is 5.32 Å². The van der Waals surface area contributed by atoms with Crippen molar-refractivity contribution in [1.82, 2.24) is 9.78 Å². The Balaban J connectivity index is 2.80. The van der Waals surface area contributed by atoms with Gasteiger partial charge in [0.05, 0.1) is 11.4 Å². The highest BCUT2D eigenvalue weighted by molar-refractivity contribution is 5.47. The van der Waals surface area contributed by atoms with Crippen molar-refractivity contribution in [3.63, 3.8) is 0 Å². The summed E-state index contributed by atoms with van der Waals surface area (Å²) >= 11 is 0. The quantitative estimate of drug-likeness (QED) is 0.829. The highest BCUT2D eigenvalue weighted by atomic mass is 15.3. The summed E-state index contributed by atoms with van der Waals surface area (Å²) < 4.78 is 1.87. The van der Waals surface area contributed by atoms with Crippen molar-refractivity contribution < 1.29 is 0 Å². The van der Waals surface area contributed by atoms with Crippen molar-refractivity contribution >= 4 is 5.69 Å². The van der Waals surface area contributed by atoms with E-state index in [1.807, 2.05) is 11.7 Å². The minimum atomic E-state index is 0.265. The average molecular weight is 209 g/mol. The lowest BCUT2D eigenvalue weighted by Crippen LogP contribution is -2.30. The van der Waals surface area contributed by atoms with Crippen LogP contribution >= 0.6 is 0 Å². The normalized spacial score (nSPS) is 14.0. The molecule has 0 aromatic carbocycles. The Hall–Kier alpha value is -0.990. The standard InChI is InChI=1S/C12H23N3/c1-7-10-11(8-15(6)14-10)13-9(2)12(3,4)5/h8-9,13H,7H2,1-6H3. The molecule has 0 saturated carbocycles. The van der Waals surface area contributed by atoms with Crippen LogP contribution in [0.25, 0.3) is 0 Å². The van der Waals surface area contributed by atoms with Crippen molar-refractivity contribution in [3.05, 3.63) is 11.9 Å². The Morgan fingerprint density at radius 3 is 2.53 bits per heavy atom. The zero-order chi connectivity index (χ0) is 11.6. The van der Waals surface area contributed by atoms with Gasteiger partial charge in [0.2, 0.25) is 0 Å². The first-order valence-corrected chi connectivity index (χ1v) is 5.63. The van der Waals surface area contributed by atoms with E-state index in [1.54, 1.807) is 0 Å². The lowest BCUT2D eigenvalue weighted by atomic mass is 9.88. The maximum atomic E-state index is 4.42. The third kappa shape index (κ3) is 2.98. The van der Waals surface area contributed by atoms with E-state index in [0.29, 0.717) is 6.04 Å². The molecule has 1 atom stereocenters. The van der Waals surface area contributed by atoms with Crippen LogP contribution in [0.5, 0.6) is 0 Å². The second kappa shape index (κ2) is 4.25. The highest BCUT2D eigenvalue weighted by Gasteiger charge is 2.21. The van der Waals surface area contributed by atoms with Crippen LogP contribution in [0, 0.1) is 5.41 Å². The van der Waals surface area contributed by atoms with Gasteiger partial charge < -0.3 is 5.32 Å². The van der Waals surface area contributed by atoms with Gasteiger partial charge in [-0.1, -0.05) is 27.7 Å². The molecule has 86 valence electrons. The summed E-state index contributed by atoms with van der Waals surface area (Å²) in [5, 5.41) is 7.96. The Morgan fingerprint density at radius 1 is 1.47 bits per heavy atom. The first kappa shape index (κ1) is 12.1. The molecule has 0 aliphatic rings. The summed E-state index contributed by atoms with van der Waals surface area (Å²) in [6, 6.07) is 0.437. The highest BCUT2D eigenvalue weighted by Crippen LogP contribution is 2.24. The Bertz CT molecular complexity index is 320. The van der Waals surface area contributed by atoms with Gasteiger partial charge >= 0.3 is 0 Å². The lowest BCUT2D eigenvalue weighted by molar-refractivity contribution is 0.359. The molecule has 0 bridgehead atoms. The molecule has 1 unspecified atom stereocenters. The lowest BCUT2D eigenvalue weighted by Gasteiger charge is -2.28. The molecule has 1 aromatic rings. The van der Waals surface area contributed by atoms with E-state index < -0.39 is 0 Å². The molecule has 0 aliphatic carbocycles. The molecular formula is C12H23N3. The topological polar surface area (TPSA) is 29.9 Å². The summed E-state index contributed by atoms with van der Waals surface area (Å²) in [5.74, 6) is 0. The number of anilines is 1. The van der Waals surface area contributed by atoms with E-state index >= 15 is 0 Å². The van der Waals surface area contributed by atoms with Crippen molar-refractivity contribution in [3.8, 4) is 0 Å². The van der Waals surface area contributed by atoms with Gasteiger partial charge in [0, 0.05) is 19.3 Å². The zero-order valence-corrected chi connectivity index (χ0v) is 10.8. The fraction of sp³-hybridized carbons (Fsp3) is 0.750. The maximum Gasteiger partial charge on any atom is 0.0853 e. The van der Waals surface area contributed by atoms with Gasteiger partial charge in [0.15, 0.2) is 0 Å². The summed E-state index contributed by atoms with van der Waals surface area (Å²) in [5.41, 5.74) is 2.58. The maximum absolute atomic E-state index is 4.42. The molecule has 0 amide bonds. The molecule has 3 heteroatoms. The van der Waals surface area contributed by atoms with Gasteiger partial charge in [-0.15, -0.1) is 0 Å². The molecule has 1 aromatic heterocycles. The van der Waals surface area contributed by atoms with Crippen LogP contribution in [0.1, 0.15) is 40.3 Å². The van der Waals surface area contributed by atoms with Crippen LogP contribution in [0.15, 0.2) is 6.20 Å². The van der Waals surface area contributed by atoms with E-state index in [1.165, 1.54) is 5.69 Å². The number of nitrogens with one attached hydrogen (secondary N) is 1. The summed E-state index contributed by atoms with van der Waals surface area (Å²) in [6.07, 6.45) is 3.03. The molecule has 0 spiro atoms. The molecule has 0 saturated heterocycles. The fourth-order valence-corrected chi connectivity index (χ4v) is 1.37. The van der Waals surface area contributed by atoms with Crippen LogP contribution in [0.3, 0.4) is 0 Å². The van der Waals surface area contributed by atoms with Gasteiger partial charge in [-0.25, -0.2) is 0 Å². The fourth-order valence-electron chi connectivity index (χ4n) is 1.37. The van der Waals surface area contributed by atoms with Gasteiger partial charge in [-0.3, -0.25) is 4.68 Å². The van der Waals surface area contributed by atoms with Crippen molar-refractivity contribution in [2.24, 2.45) is 12.5 Å². The monoisotopic (exact) mass is 209 g/mol. The van der Waals surface area contributed by atoms with Gasteiger partial charge in [0.25, 0.3) is 0 Å². The smallest absolute Gasteiger partial charge is 0.0853 e. The Morgan fingerprint density at radius 2 is 2.07 bits per heavy atom. The molecule has 0 radical (unpaired) electrons. The van der Waals surface area contributed by atoms with Crippen LogP contribution in [0.2, 0.25) is 0 Å². The molecule has 0 aliphatic heterocycles. The van der Waals surface area contributed by atoms with E-state index in [0.717, 1.165) is 12.1 Å². The minimum absolute atomic E-state index is 0.265. The molecule has 1 rings (SSSR count). The first-order valence-electron chi connectivity index (χ1n) is 5.63. The van der Waals surface area contributed by atoms with Crippen molar-refractivity contribution in [2.45, 2.75) is 47.1 Å². The first-order chi connectivity index (χ1) is 6.84. The van der Waals surface area contributed by atoms with Gasteiger partial charge in [0.1, 0.15) is 0 Å². The number of hydrogen-bond donors (Lipinski definition) is 1. The van der Waals surface area contributed by atoms with E-state index in [4.69, 9.17) is 0 Å². The van der Waals surface area contributed by atoms with Gasteiger partial charge in [-0.05, 0) is 18.8 Å².